The van der Waals surface area contributed by atoms with Crippen molar-refractivity contribution >= 4 is 34.6 Å². The lowest BCUT2D eigenvalue weighted by atomic mass is 9.79. The molecule has 0 bridgehead atoms. The monoisotopic (exact) mass is 362 g/mol. The molecule has 0 atom stereocenters. The fourth-order valence-corrected chi connectivity index (χ4v) is 3.70. The average molecular weight is 363 g/mol. The van der Waals surface area contributed by atoms with Gasteiger partial charge in [-0.2, -0.15) is 0 Å². The maximum atomic E-state index is 13.2. The predicted molar refractivity (Wildman–Crippen MR) is 102 cm³/mol. The van der Waals surface area contributed by atoms with Gasteiger partial charge in [0, 0.05) is 22.7 Å². The van der Waals surface area contributed by atoms with Gasteiger partial charge in [0.25, 0.3) is 0 Å². The van der Waals surface area contributed by atoms with E-state index in [2.05, 4.69) is 10.6 Å². The van der Waals surface area contributed by atoms with Crippen molar-refractivity contribution in [1.82, 2.24) is 5.32 Å². The van der Waals surface area contributed by atoms with Crippen molar-refractivity contribution in [2.24, 2.45) is 0 Å². The molecule has 3 rings (SSSR count). The number of rotatable bonds is 4. The fourth-order valence-electron chi connectivity index (χ4n) is 3.38. The summed E-state index contributed by atoms with van der Waals surface area (Å²) in [7, 11) is 0. The molecule has 1 aliphatic rings. The summed E-state index contributed by atoms with van der Waals surface area (Å²) in [5.41, 5.74) is 2.11. The van der Waals surface area contributed by atoms with Gasteiger partial charge in [0.15, 0.2) is 5.11 Å². The summed E-state index contributed by atoms with van der Waals surface area (Å²) in [6.45, 7) is 0.748. The van der Waals surface area contributed by atoms with Crippen LogP contribution in [0.4, 0.5) is 10.1 Å². The predicted octanol–water partition coefficient (Wildman–Crippen LogP) is 5.28. The third-order valence-corrected chi connectivity index (χ3v) is 5.21. The van der Waals surface area contributed by atoms with Crippen molar-refractivity contribution in [3.63, 3.8) is 0 Å². The number of halogens is 2. The number of hydrogen-bond acceptors (Lipinski definition) is 1. The quantitative estimate of drug-likeness (QED) is 0.724. The average Bonchev–Trinajstić information content (AvgIpc) is 3.06. The number of hydrogen-bond donors (Lipinski definition) is 2. The highest BCUT2D eigenvalue weighted by Crippen LogP contribution is 2.40. The molecule has 0 heterocycles. The second-order valence-corrected chi connectivity index (χ2v) is 7.15. The van der Waals surface area contributed by atoms with Gasteiger partial charge in [-0.25, -0.2) is 4.39 Å². The van der Waals surface area contributed by atoms with E-state index in [0.29, 0.717) is 10.1 Å². The van der Waals surface area contributed by atoms with E-state index in [1.165, 1.54) is 18.4 Å². The van der Waals surface area contributed by atoms with Crippen LogP contribution in [0.5, 0.6) is 0 Å². The van der Waals surface area contributed by atoms with Gasteiger partial charge < -0.3 is 10.6 Å². The standard InChI is InChI=1S/C19H20ClFN2S/c20-15-5-9-17(10-6-15)23-18(24)22-13-19(11-1-2-12-19)14-3-7-16(21)8-4-14/h3-10H,1-2,11-13H2,(H2,22,23,24). The highest BCUT2D eigenvalue weighted by molar-refractivity contribution is 7.80. The molecule has 1 saturated carbocycles. The number of thiocarbonyl (C=S) groups is 1. The first kappa shape index (κ1) is 17.2. The summed E-state index contributed by atoms with van der Waals surface area (Å²) in [6, 6.07) is 14.3. The first-order chi connectivity index (χ1) is 11.6. The summed E-state index contributed by atoms with van der Waals surface area (Å²) >= 11 is 11.3. The van der Waals surface area contributed by atoms with E-state index < -0.39 is 0 Å². The number of nitrogens with one attached hydrogen (secondary N) is 2. The largest absolute Gasteiger partial charge is 0.362 e. The van der Waals surface area contributed by atoms with Crippen LogP contribution in [-0.4, -0.2) is 11.7 Å². The van der Waals surface area contributed by atoms with Crippen molar-refractivity contribution < 1.29 is 4.39 Å². The molecule has 0 saturated heterocycles. The third kappa shape index (κ3) is 4.05. The van der Waals surface area contributed by atoms with Crippen molar-refractivity contribution in [1.29, 1.82) is 0 Å². The fraction of sp³-hybridized carbons (Fsp3) is 0.316. The first-order valence-electron chi connectivity index (χ1n) is 8.14. The van der Waals surface area contributed by atoms with E-state index in [1.54, 1.807) is 12.1 Å². The molecule has 0 radical (unpaired) electrons. The second-order valence-electron chi connectivity index (χ2n) is 6.31. The Morgan fingerprint density at radius 3 is 2.29 bits per heavy atom. The zero-order chi connectivity index (χ0) is 17.0. The molecule has 0 amide bonds. The van der Waals surface area contributed by atoms with Crippen LogP contribution in [0, 0.1) is 5.82 Å². The second kappa shape index (κ2) is 7.49. The molecule has 2 nitrogen and oxygen atoms in total. The summed E-state index contributed by atoms with van der Waals surface area (Å²) in [6.07, 6.45) is 4.57. The van der Waals surface area contributed by atoms with Crippen LogP contribution >= 0.6 is 23.8 Å². The molecule has 1 aliphatic carbocycles. The van der Waals surface area contributed by atoms with Crippen LogP contribution in [0.2, 0.25) is 5.02 Å². The van der Waals surface area contributed by atoms with Crippen LogP contribution in [-0.2, 0) is 5.41 Å². The summed E-state index contributed by atoms with van der Waals surface area (Å²) in [5.74, 6) is -0.195. The van der Waals surface area contributed by atoms with Crippen molar-refractivity contribution in [2.45, 2.75) is 31.1 Å². The van der Waals surface area contributed by atoms with Gasteiger partial charge in [-0.1, -0.05) is 36.6 Å². The van der Waals surface area contributed by atoms with E-state index in [-0.39, 0.29) is 11.2 Å². The molecule has 0 aromatic heterocycles. The van der Waals surface area contributed by atoms with Gasteiger partial charge in [0.2, 0.25) is 0 Å². The number of anilines is 1. The molecule has 1 fully saturated rings. The lowest BCUT2D eigenvalue weighted by Crippen LogP contribution is -2.40. The number of benzene rings is 2. The Bertz CT molecular complexity index is 694. The molecule has 2 N–H and O–H groups in total. The molecule has 2 aromatic rings. The summed E-state index contributed by atoms with van der Waals surface area (Å²) in [4.78, 5) is 0. The molecule has 126 valence electrons. The van der Waals surface area contributed by atoms with E-state index in [9.17, 15) is 4.39 Å². The first-order valence-corrected chi connectivity index (χ1v) is 8.93. The molecule has 2 aromatic carbocycles. The molecule has 24 heavy (non-hydrogen) atoms. The maximum absolute atomic E-state index is 13.2. The summed E-state index contributed by atoms with van der Waals surface area (Å²) < 4.78 is 13.2. The Kier molecular flexibility index (Phi) is 5.36. The Labute approximate surface area is 152 Å². The minimum absolute atomic E-state index is 0.0272. The van der Waals surface area contributed by atoms with Gasteiger partial charge in [-0.05, 0) is 67.0 Å². The minimum atomic E-state index is -0.195. The van der Waals surface area contributed by atoms with Crippen LogP contribution in [0.15, 0.2) is 48.5 Å². The minimum Gasteiger partial charge on any atom is -0.362 e. The van der Waals surface area contributed by atoms with Crippen LogP contribution in [0.25, 0.3) is 0 Å². The van der Waals surface area contributed by atoms with Gasteiger partial charge >= 0.3 is 0 Å². The molecular weight excluding hydrogens is 343 g/mol. The van der Waals surface area contributed by atoms with E-state index in [1.807, 2.05) is 36.4 Å². The van der Waals surface area contributed by atoms with Crippen LogP contribution in [0.3, 0.4) is 0 Å². The summed E-state index contributed by atoms with van der Waals surface area (Å²) in [5, 5.41) is 7.79. The topological polar surface area (TPSA) is 24.1 Å². The molecule has 0 spiro atoms. The lowest BCUT2D eigenvalue weighted by molar-refractivity contribution is 0.434. The Morgan fingerprint density at radius 2 is 1.67 bits per heavy atom. The van der Waals surface area contributed by atoms with E-state index in [4.69, 9.17) is 23.8 Å². The van der Waals surface area contributed by atoms with Crippen molar-refractivity contribution in [2.75, 3.05) is 11.9 Å². The smallest absolute Gasteiger partial charge is 0.170 e. The molecular formula is C19H20ClFN2S. The zero-order valence-electron chi connectivity index (χ0n) is 13.3. The normalized spacial score (nSPS) is 15.9. The Morgan fingerprint density at radius 1 is 1.04 bits per heavy atom. The lowest BCUT2D eigenvalue weighted by Gasteiger charge is -2.30. The van der Waals surface area contributed by atoms with Crippen LogP contribution < -0.4 is 10.6 Å². The van der Waals surface area contributed by atoms with Crippen LogP contribution in [0.1, 0.15) is 31.2 Å². The molecule has 0 aliphatic heterocycles. The van der Waals surface area contributed by atoms with Crippen molar-refractivity contribution in [3.8, 4) is 0 Å². The Balaban J connectivity index is 1.65. The van der Waals surface area contributed by atoms with Gasteiger partial charge in [0.1, 0.15) is 5.82 Å². The SMILES string of the molecule is Fc1ccc(C2(CNC(=S)Nc3ccc(Cl)cc3)CCCC2)cc1. The van der Waals surface area contributed by atoms with Crippen molar-refractivity contribution in [3.05, 3.63) is 64.9 Å². The van der Waals surface area contributed by atoms with E-state index in [0.717, 1.165) is 25.1 Å². The Hall–Kier alpha value is -1.65. The highest BCUT2D eigenvalue weighted by atomic mass is 35.5. The molecule has 0 unspecified atom stereocenters. The zero-order valence-corrected chi connectivity index (χ0v) is 14.9. The third-order valence-electron chi connectivity index (χ3n) is 4.71. The van der Waals surface area contributed by atoms with Gasteiger partial charge in [-0.15, -0.1) is 0 Å². The molecule has 5 heteroatoms. The van der Waals surface area contributed by atoms with Gasteiger partial charge in [0.05, 0.1) is 0 Å². The van der Waals surface area contributed by atoms with Gasteiger partial charge in [-0.3, -0.25) is 0 Å². The van der Waals surface area contributed by atoms with E-state index >= 15 is 0 Å². The maximum Gasteiger partial charge on any atom is 0.170 e. The highest BCUT2D eigenvalue weighted by Gasteiger charge is 2.35.